The molecule has 0 radical (unpaired) electrons. The number of rotatable bonds is 6. The van der Waals surface area contributed by atoms with Crippen molar-refractivity contribution in [3.8, 4) is 11.8 Å². The third-order valence-electron chi connectivity index (χ3n) is 6.99. The predicted octanol–water partition coefficient (Wildman–Crippen LogP) is 1.98. The van der Waals surface area contributed by atoms with E-state index in [1.807, 2.05) is 9.80 Å². The van der Waals surface area contributed by atoms with Crippen LogP contribution >= 0.6 is 0 Å². The molecular formula is C22H31N3O5. The number of nitrogens with zero attached hydrogens (tertiary/aromatic N) is 3. The summed E-state index contributed by atoms with van der Waals surface area (Å²) in [6.45, 7) is 4.05. The van der Waals surface area contributed by atoms with Gasteiger partial charge in [-0.2, -0.15) is 4.98 Å². The van der Waals surface area contributed by atoms with Crippen LogP contribution in [-0.2, 0) is 9.53 Å². The van der Waals surface area contributed by atoms with Gasteiger partial charge in [-0.1, -0.05) is 6.42 Å². The van der Waals surface area contributed by atoms with Crippen LogP contribution in [0.4, 0.5) is 0 Å². The Balaban J connectivity index is 1.42. The molecule has 1 aliphatic carbocycles. The Morgan fingerprint density at radius 1 is 1.17 bits per heavy atom. The molecule has 3 aliphatic rings. The van der Waals surface area contributed by atoms with Crippen LogP contribution in [-0.4, -0.2) is 80.2 Å². The molecule has 8 nitrogen and oxygen atoms in total. The molecule has 1 saturated carbocycles. The molecule has 1 spiro atoms. The minimum Gasteiger partial charge on any atom is -0.481 e. The number of aromatic nitrogens is 1. The lowest BCUT2D eigenvalue weighted by atomic mass is 9.62. The maximum absolute atomic E-state index is 13.3. The van der Waals surface area contributed by atoms with Crippen molar-refractivity contribution < 1.29 is 23.8 Å². The number of likely N-dealkylation sites (tertiary alicyclic amines) is 1. The minimum absolute atomic E-state index is 0.0599. The fourth-order valence-electron chi connectivity index (χ4n) is 5.08. The van der Waals surface area contributed by atoms with E-state index in [0.29, 0.717) is 56.6 Å². The SMILES string of the molecule is COc1ccc(C(=O)N2CC(CCC(=O)N3CCOCC3)C3(CCC3)C2)c(OC)n1. The van der Waals surface area contributed by atoms with Crippen LogP contribution in [0.3, 0.4) is 0 Å². The van der Waals surface area contributed by atoms with Crippen LogP contribution in [0.1, 0.15) is 42.5 Å². The normalized spacial score (nSPS) is 22.7. The number of carbonyl (C=O) groups is 2. The molecule has 30 heavy (non-hydrogen) atoms. The minimum atomic E-state index is -0.0599. The molecule has 2 saturated heterocycles. The zero-order valence-electron chi connectivity index (χ0n) is 17.9. The van der Waals surface area contributed by atoms with Gasteiger partial charge >= 0.3 is 0 Å². The van der Waals surface area contributed by atoms with Crippen molar-refractivity contribution in [3.63, 3.8) is 0 Å². The molecule has 3 heterocycles. The highest BCUT2D eigenvalue weighted by atomic mass is 16.5. The van der Waals surface area contributed by atoms with Crippen molar-refractivity contribution in [1.29, 1.82) is 0 Å². The van der Waals surface area contributed by atoms with Gasteiger partial charge in [-0.3, -0.25) is 9.59 Å². The zero-order valence-corrected chi connectivity index (χ0v) is 17.9. The van der Waals surface area contributed by atoms with Crippen molar-refractivity contribution in [1.82, 2.24) is 14.8 Å². The van der Waals surface area contributed by atoms with Crippen molar-refractivity contribution in [2.75, 3.05) is 53.6 Å². The first-order valence-electron chi connectivity index (χ1n) is 10.8. The molecule has 1 unspecified atom stereocenters. The highest BCUT2D eigenvalue weighted by molar-refractivity contribution is 5.96. The molecule has 2 amide bonds. The van der Waals surface area contributed by atoms with Gasteiger partial charge < -0.3 is 24.0 Å². The molecule has 1 aromatic rings. The molecule has 1 atom stereocenters. The van der Waals surface area contributed by atoms with Crippen molar-refractivity contribution in [3.05, 3.63) is 17.7 Å². The Kier molecular flexibility index (Phi) is 6.13. The average molecular weight is 418 g/mol. The maximum Gasteiger partial charge on any atom is 0.259 e. The smallest absolute Gasteiger partial charge is 0.259 e. The first kappa shape index (κ1) is 20.9. The number of pyridine rings is 1. The Bertz CT molecular complexity index is 789. The quantitative estimate of drug-likeness (QED) is 0.704. The van der Waals surface area contributed by atoms with Crippen molar-refractivity contribution in [2.24, 2.45) is 11.3 Å². The zero-order chi connectivity index (χ0) is 21.1. The summed E-state index contributed by atoms with van der Waals surface area (Å²) >= 11 is 0. The van der Waals surface area contributed by atoms with E-state index in [1.54, 1.807) is 12.1 Å². The summed E-state index contributed by atoms with van der Waals surface area (Å²) in [6, 6.07) is 3.40. The Morgan fingerprint density at radius 2 is 1.93 bits per heavy atom. The van der Waals surface area contributed by atoms with Gasteiger partial charge in [0.15, 0.2) is 0 Å². The number of morpholine rings is 1. The van der Waals surface area contributed by atoms with Crippen molar-refractivity contribution >= 4 is 11.8 Å². The summed E-state index contributed by atoms with van der Waals surface area (Å²) in [6.07, 6.45) is 4.83. The first-order chi connectivity index (χ1) is 14.6. The molecule has 0 N–H and O–H groups in total. The van der Waals surface area contributed by atoms with E-state index in [1.165, 1.54) is 20.6 Å². The molecule has 0 bridgehead atoms. The van der Waals surface area contributed by atoms with Crippen LogP contribution < -0.4 is 9.47 Å². The number of carbonyl (C=O) groups excluding carboxylic acids is 2. The van der Waals surface area contributed by atoms with Gasteiger partial charge in [0.25, 0.3) is 5.91 Å². The molecule has 2 aliphatic heterocycles. The van der Waals surface area contributed by atoms with Gasteiger partial charge in [-0.05, 0) is 36.7 Å². The van der Waals surface area contributed by atoms with E-state index in [4.69, 9.17) is 14.2 Å². The van der Waals surface area contributed by atoms with Crippen LogP contribution in [0.15, 0.2) is 12.1 Å². The van der Waals surface area contributed by atoms with Crippen LogP contribution in [0.5, 0.6) is 11.8 Å². The molecule has 164 valence electrons. The lowest BCUT2D eigenvalue weighted by Crippen LogP contribution is -2.42. The van der Waals surface area contributed by atoms with Crippen LogP contribution in [0.2, 0.25) is 0 Å². The van der Waals surface area contributed by atoms with E-state index in [9.17, 15) is 9.59 Å². The topological polar surface area (TPSA) is 81.2 Å². The highest BCUT2D eigenvalue weighted by Gasteiger charge is 2.51. The second kappa shape index (κ2) is 8.79. The lowest BCUT2D eigenvalue weighted by Gasteiger charge is -2.43. The summed E-state index contributed by atoms with van der Waals surface area (Å²) in [5, 5.41) is 0. The summed E-state index contributed by atoms with van der Waals surface area (Å²) in [4.78, 5) is 33.9. The van der Waals surface area contributed by atoms with E-state index >= 15 is 0 Å². The first-order valence-corrected chi connectivity index (χ1v) is 10.8. The van der Waals surface area contributed by atoms with Crippen molar-refractivity contribution in [2.45, 2.75) is 32.1 Å². The van der Waals surface area contributed by atoms with Gasteiger partial charge in [0.05, 0.1) is 27.4 Å². The number of hydrogen-bond donors (Lipinski definition) is 0. The maximum atomic E-state index is 13.3. The molecule has 0 aromatic carbocycles. The second-order valence-electron chi connectivity index (χ2n) is 8.54. The number of amides is 2. The lowest BCUT2D eigenvalue weighted by molar-refractivity contribution is -0.135. The second-order valence-corrected chi connectivity index (χ2v) is 8.54. The summed E-state index contributed by atoms with van der Waals surface area (Å²) in [5.74, 6) is 1.21. The molecule has 8 heteroatoms. The highest BCUT2D eigenvalue weighted by Crippen LogP contribution is 2.53. The standard InChI is InChI=1S/C22H31N3O5/c1-28-18-6-5-17(20(23-18)29-2)21(27)25-14-16(22(15-25)8-3-9-22)4-7-19(26)24-10-12-30-13-11-24/h5-6,16H,3-4,7-15H2,1-2H3. The number of hydrogen-bond acceptors (Lipinski definition) is 6. The third-order valence-corrected chi connectivity index (χ3v) is 6.99. The van der Waals surface area contributed by atoms with Gasteiger partial charge in [-0.15, -0.1) is 0 Å². The Hall–Kier alpha value is -2.35. The van der Waals surface area contributed by atoms with E-state index in [0.717, 1.165) is 25.8 Å². The summed E-state index contributed by atoms with van der Waals surface area (Å²) in [7, 11) is 3.04. The Labute approximate surface area is 177 Å². The number of methoxy groups -OCH3 is 2. The van der Waals surface area contributed by atoms with Crippen LogP contribution in [0, 0.1) is 11.3 Å². The Morgan fingerprint density at radius 3 is 2.57 bits per heavy atom. The molecule has 3 fully saturated rings. The fourth-order valence-corrected chi connectivity index (χ4v) is 5.08. The predicted molar refractivity (Wildman–Crippen MR) is 110 cm³/mol. The monoisotopic (exact) mass is 417 g/mol. The van der Waals surface area contributed by atoms with Gasteiger partial charge in [0.2, 0.25) is 17.7 Å². The van der Waals surface area contributed by atoms with Gasteiger partial charge in [-0.25, -0.2) is 0 Å². The largest absolute Gasteiger partial charge is 0.481 e. The average Bonchev–Trinajstić information content (AvgIpc) is 3.17. The van der Waals surface area contributed by atoms with E-state index in [2.05, 4.69) is 4.98 Å². The van der Waals surface area contributed by atoms with Gasteiger partial charge in [0, 0.05) is 38.7 Å². The van der Waals surface area contributed by atoms with Crippen LogP contribution in [0.25, 0.3) is 0 Å². The van der Waals surface area contributed by atoms with E-state index in [-0.39, 0.29) is 23.1 Å². The number of ether oxygens (including phenoxy) is 3. The summed E-state index contributed by atoms with van der Waals surface area (Å²) < 4.78 is 15.8. The third kappa shape index (κ3) is 3.97. The van der Waals surface area contributed by atoms with E-state index < -0.39 is 0 Å². The summed E-state index contributed by atoms with van der Waals surface area (Å²) in [5.41, 5.74) is 0.617. The fraction of sp³-hybridized carbons (Fsp3) is 0.682. The molecule has 1 aromatic heterocycles. The molecule has 4 rings (SSSR count). The van der Waals surface area contributed by atoms with Gasteiger partial charge in [0.1, 0.15) is 5.56 Å². The molecular weight excluding hydrogens is 386 g/mol.